The van der Waals surface area contributed by atoms with E-state index in [0.29, 0.717) is 18.9 Å². The molecule has 2 rings (SSSR count). The molecule has 12 heteroatoms. The third-order valence-corrected chi connectivity index (χ3v) is 4.05. The van der Waals surface area contributed by atoms with Crippen molar-refractivity contribution in [1.82, 2.24) is 15.0 Å². The zero-order chi connectivity index (χ0) is 23.2. The minimum absolute atomic E-state index is 0.0678. The van der Waals surface area contributed by atoms with Crippen LogP contribution in [0.4, 0.5) is 8.78 Å². The second-order valence-electron chi connectivity index (χ2n) is 6.31. The standard InChI is InChI=1S/C19H15Cl2F2N5O3/c1-11(3-15(21)27-26-10-29)8-28-9-25-17(19(2,22)23)16(18(28)30)31-14-5-12(7-24)4-13(20)6-14/h3-6,9-10H,8H2,1-2H3,(H,26,29)/b11-3+,27-15+. The molecule has 162 valence electrons. The maximum Gasteiger partial charge on any atom is 0.297 e. The number of aromatic nitrogens is 2. The van der Waals surface area contributed by atoms with Gasteiger partial charge in [0.25, 0.3) is 11.5 Å². The SMILES string of the molecule is C/C(=C\C(Cl)=N/NC=O)Cn1cnc(C(C)(F)F)c(Oc2cc(Cl)cc(C#N)c2)c1=O. The number of allylic oxidation sites excluding steroid dienone is 2. The lowest BCUT2D eigenvalue weighted by Gasteiger charge is -2.17. The Bertz CT molecular complexity index is 1150. The number of hydrazone groups is 1. The molecule has 0 saturated heterocycles. The van der Waals surface area contributed by atoms with Crippen LogP contribution >= 0.6 is 23.2 Å². The molecule has 0 atom stereocenters. The fraction of sp³-hybridized carbons (Fsp3) is 0.211. The highest BCUT2D eigenvalue weighted by Crippen LogP contribution is 2.33. The van der Waals surface area contributed by atoms with Crippen molar-refractivity contribution in [2.24, 2.45) is 5.10 Å². The summed E-state index contributed by atoms with van der Waals surface area (Å²) in [4.78, 5) is 26.8. The molecular formula is C19H15Cl2F2N5O3. The minimum Gasteiger partial charge on any atom is -0.449 e. The van der Waals surface area contributed by atoms with Gasteiger partial charge < -0.3 is 4.74 Å². The number of nitriles is 1. The molecule has 1 aromatic carbocycles. The molecule has 0 aliphatic rings. The van der Waals surface area contributed by atoms with Crippen LogP contribution in [0.2, 0.25) is 5.02 Å². The molecule has 0 saturated carbocycles. The number of hydrogen-bond acceptors (Lipinski definition) is 6. The van der Waals surface area contributed by atoms with Crippen LogP contribution in [-0.2, 0) is 17.3 Å². The van der Waals surface area contributed by atoms with Crippen LogP contribution in [-0.4, -0.2) is 21.1 Å². The molecule has 1 aromatic heterocycles. The number of hydrogen-bond donors (Lipinski definition) is 1. The van der Waals surface area contributed by atoms with Crippen LogP contribution in [0.25, 0.3) is 0 Å². The maximum atomic E-state index is 14.1. The summed E-state index contributed by atoms with van der Waals surface area (Å²) in [7, 11) is 0. The predicted octanol–water partition coefficient (Wildman–Crippen LogP) is 3.92. The quantitative estimate of drug-likeness (QED) is 0.358. The van der Waals surface area contributed by atoms with Gasteiger partial charge in [0.15, 0.2) is 5.69 Å². The summed E-state index contributed by atoms with van der Waals surface area (Å²) in [5.41, 5.74) is 0.873. The Morgan fingerprint density at radius 3 is 2.77 bits per heavy atom. The number of benzene rings is 1. The first-order chi connectivity index (χ1) is 14.5. The monoisotopic (exact) mass is 469 g/mol. The number of nitrogens with zero attached hydrogens (tertiary/aromatic N) is 4. The number of alkyl halides is 2. The summed E-state index contributed by atoms with van der Waals surface area (Å²) in [5.74, 6) is -4.27. The lowest BCUT2D eigenvalue weighted by Crippen LogP contribution is -2.27. The number of amides is 1. The molecule has 0 spiro atoms. The summed E-state index contributed by atoms with van der Waals surface area (Å²) in [6.07, 6.45) is 2.64. The largest absolute Gasteiger partial charge is 0.449 e. The van der Waals surface area contributed by atoms with Gasteiger partial charge in [0.2, 0.25) is 12.2 Å². The minimum atomic E-state index is -3.48. The molecule has 0 aliphatic heterocycles. The normalized spacial score (nSPS) is 12.3. The van der Waals surface area contributed by atoms with Gasteiger partial charge >= 0.3 is 0 Å². The molecule has 0 aliphatic carbocycles. The van der Waals surface area contributed by atoms with E-state index in [2.05, 4.69) is 10.1 Å². The van der Waals surface area contributed by atoms with E-state index in [0.717, 1.165) is 10.9 Å². The molecule has 31 heavy (non-hydrogen) atoms. The molecule has 2 aromatic rings. The van der Waals surface area contributed by atoms with Crippen molar-refractivity contribution in [3.63, 3.8) is 0 Å². The Kier molecular flexibility index (Phi) is 7.85. The number of halogens is 4. The second-order valence-corrected chi connectivity index (χ2v) is 7.13. The van der Waals surface area contributed by atoms with Crippen molar-refractivity contribution in [1.29, 1.82) is 5.26 Å². The fourth-order valence-corrected chi connectivity index (χ4v) is 2.89. The molecule has 1 amide bonds. The zero-order valence-electron chi connectivity index (χ0n) is 16.2. The molecule has 0 fully saturated rings. The fourth-order valence-electron chi connectivity index (χ4n) is 2.43. The van der Waals surface area contributed by atoms with Gasteiger partial charge in [-0.3, -0.25) is 14.2 Å². The molecule has 1 heterocycles. The van der Waals surface area contributed by atoms with E-state index in [1.54, 1.807) is 6.92 Å². The van der Waals surface area contributed by atoms with Gasteiger partial charge in [0, 0.05) is 18.5 Å². The number of carbonyl (C=O) groups excluding carboxylic acids is 1. The lowest BCUT2D eigenvalue weighted by molar-refractivity contribution is -0.109. The van der Waals surface area contributed by atoms with Gasteiger partial charge in [-0.25, -0.2) is 10.4 Å². The number of ether oxygens (including phenoxy) is 1. The molecule has 8 nitrogen and oxygen atoms in total. The average molecular weight is 470 g/mol. The van der Waals surface area contributed by atoms with Crippen LogP contribution in [0.5, 0.6) is 11.5 Å². The summed E-state index contributed by atoms with van der Waals surface area (Å²) >= 11 is 11.7. The van der Waals surface area contributed by atoms with Gasteiger partial charge in [-0.2, -0.15) is 19.1 Å². The van der Waals surface area contributed by atoms with Crippen LogP contribution in [0, 0.1) is 11.3 Å². The summed E-state index contributed by atoms with van der Waals surface area (Å²) in [6.45, 7) is 2.10. The van der Waals surface area contributed by atoms with E-state index in [4.69, 9.17) is 33.2 Å². The van der Waals surface area contributed by atoms with Gasteiger partial charge in [-0.1, -0.05) is 28.8 Å². The number of nitrogens with one attached hydrogen (secondary N) is 1. The lowest BCUT2D eigenvalue weighted by atomic mass is 10.2. The highest BCUT2D eigenvalue weighted by atomic mass is 35.5. The van der Waals surface area contributed by atoms with Crippen molar-refractivity contribution in [2.45, 2.75) is 26.3 Å². The third kappa shape index (κ3) is 6.60. The van der Waals surface area contributed by atoms with E-state index in [9.17, 15) is 18.4 Å². The van der Waals surface area contributed by atoms with Gasteiger partial charge in [-0.05, 0) is 31.2 Å². The van der Waals surface area contributed by atoms with Crippen LogP contribution in [0.1, 0.15) is 25.1 Å². The third-order valence-electron chi connectivity index (χ3n) is 3.64. The van der Waals surface area contributed by atoms with Crippen LogP contribution < -0.4 is 15.7 Å². The van der Waals surface area contributed by atoms with Gasteiger partial charge in [0.05, 0.1) is 18.0 Å². The Hall–Kier alpha value is -3.29. The van der Waals surface area contributed by atoms with Gasteiger partial charge in [-0.15, -0.1) is 0 Å². The molecule has 0 bridgehead atoms. The van der Waals surface area contributed by atoms with Crippen molar-refractivity contribution in [3.05, 3.63) is 62.8 Å². The Morgan fingerprint density at radius 2 is 2.16 bits per heavy atom. The van der Waals surface area contributed by atoms with Crippen molar-refractivity contribution >= 4 is 34.8 Å². The molecule has 0 unspecified atom stereocenters. The van der Waals surface area contributed by atoms with E-state index < -0.39 is 22.9 Å². The van der Waals surface area contributed by atoms with Crippen molar-refractivity contribution < 1.29 is 18.3 Å². The molecule has 0 radical (unpaired) electrons. The van der Waals surface area contributed by atoms with Crippen molar-refractivity contribution in [2.75, 3.05) is 0 Å². The Labute approximate surface area is 185 Å². The van der Waals surface area contributed by atoms with E-state index in [1.807, 2.05) is 11.5 Å². The first kappa shape index (κ1) is 24.0. The van der Waals surface area contributed by atoms with Crippen molar-refractivity contribution in [3.8, 4) is 17.6 Å². The van der Waals surface area contributed by atoms with E-state index >= 15 is 0 Å². The van der Waals surface area contributed by atoms with Gasteiger partial charge in [0.1, 0.15) is 10.9 Å². The summed E-state index contributed by atoms with van der Waals surface area (Å²) in [6, 6.07) is 5.73. The van der Waals surface area contributed by atoms with Crippen LogP contribution in [0.15, 0.2) is 46.1 Å². The van der Waals surface area contributed by atoms with E-state index in [-0.39, 0.29) is 28.1 Å². The smallest absolute Gasteiger partial charge is 0.297 e. The molecule has 1 N–H and O–H groups in total. The zero-order valence-corrected chi connectivity index (χ0v) is 17.7. The highest BCUT2D eigenvalue weighted by Gasteiger charge is 2.33. The number of rotatable bonds is 8. The van der Waals surface area contributed by atoms with Crippen LogP contribution in [0.3, 0.4) is 0 Å². The Morgan fingerprint density at radius 1 is 1.45 bits per heavy atom. The first-order valence-corrected chi connectivity index (χ1v) is 9.26. The Balaban J connectivity index is 2.50. The maximum absolute atomic E-state index is 14.1. The topological polar surface area (TPSA) is 109 Å². The van der Waals surface area contributed by atoms with E-state index in [1.165, 1.54) is 24.3 Å². The summed E-state index contributed by atoms with van der Waals surface area (Å²) in [5, 5.41) is 12.6. The average Bonchev–Trinajstić information content (AvgIpc) is 2.67. The number of carbonyl (C=O) groups is 1. The predicted molar refractivity (Wildman–Crippen MR) is 111 cm³/mol. The second kappa shape index (κ2) is 10.1. The first-order valence-electron chi connectivity index (χ1n) is 8.51. The summed E-state index contributed by atoms with van der Waals surface area (Å²) < 4.78 is 34.6. The highest BCUT2D eigenvalue weighted by molar-refractivity contribution is 6.68. The molecular weight excluding hydrogens is 455 g/mol.